The molecule has 71 heavy (non-hydrogen) atoms. The molecule has 14 rings (SSSR count). The minimum atomic E-state index is -0.595. The first-order valence-corrected chi connectivity index (χ1v) is 24.7. The standard InChI is InChI=1S/C71H46/c1-3-18-47(19-4-1)55-42-56(48-20-5-2-6-21-48)44-57(43-55)50-34-36-52(37-35-50)69-62-28-11-13-30-64(62)70(65-31-14-12-29-63(65)69)54-39-41-61-60-27-15-16-32-67(60)71(68(61)46-54,58-40-38-49-22-7-8-24-53(49)45-58)66-33-17-25-51-23-9-10-26-59(51)66/h1-46H. The van der Waals surface area contributed by atoms with Gasteiger partial charge in [-0.2, -0.15) is 0 Å². The van der Waals surface area contributed by atoms with Crippen molar-refractivity contribution in [3.63, 3.8) is 0 Å². The molecule has 0 bridgehead atoms. The first-order valence-electron chi connectivity index (χ1n) is 24.7. The molecule has 1 atom stereocenters. The molecule has 1 aliphatic rings. The van der Waals surface area contributed by atoms with Gasteiger partial charge in [0.15, 0.2) is 0 Å². The van der Waals surface area contributed by atoms with Crippen LogP contribution in [0, 0.1) is 0 Å². The number of fused-ring (bicyclic) bond motifs is 7. The molecule has 0 saturated carbocycles. The third-order valence-electron chi connectivity index (χ3n) is 15.3. The highest BCUT2D eigenvalue weighted by atomic mass is 14.5. The third kappa shape index (κ3) is 6.53. The lowest BCUT2D eigenvalue weighted by Crippen LogP contribution is -2.29. The lowest BCUT2D eigenvalue weighted by molar-refractivity contribution is 0.778. The molecule has 13 aromatic carbocycles. The highest BCUT2D eigenvalue weighted by Crippen LogP contribution is 2.59. The van der Waals surface area contributed by atoms with Crippen molar-refractivity contribution in [1.29, 1.82) is 0 Å². The Morgan fingerprint density at radius 3 is 1.27 bits per heavy atom. The summed E-state index contributed by atoms with van der Waals surface area (Å²) in [6.07, 6.45) is 0. The molecule has 0 aliphatic heterocycles. The van der Waals surface area contributed by atoms with Crippen LogP contribution in [0.5, 0.6) is 0 Å². The Morgan fingerprint density at radius 2 is 0.634 bits per heavy atom. The smallest absolute Gasteiger partial charge is 0.0622 e. The molecule has 1 aliphatic carbocycles. The van der Waals surface area contributed by atoms with Gasteiger partial charge >= 0.3 is 0 Å². The van der Waals surface area contributed by atoms with Crippen molar-refractivity contribution < 1.29 is 0 Å². The molecule has 0 amide bonds. The zero-order valence-corrected chi connectivity index (χ0v) is 39.1. The maximum atomic E-state index is 2.54. The Labute approximate surface area is 414 Å². The maximum Gasteiger partial charge on any atom is 0.0719 e. The molecule has 1 unspecified atom stereocenters. The average Bonchev–Trinajstić information content (AvgIpc) is 3.75. The Balaban J connectivity index is 0.971. The zero-order valence-electron chi connectivity index (χ0n) is 39.1. The second kappa shape index (κ2) is 16.6. The van der Waals surface area contributed by atoms with Crippen molar-refractivity contribution in [2.45, 2.75) is 5.41 Å². The Morgan fingerprint density at radius 1 is 0.197 bits per heavy atom. The zero-order chi connectivity index (χ0) is 46.9. The first-order chi connectivity index (χ1) is 35.2. The lowest BCUT2D eigenvalue weighted by Gasteiger charge is -2.35. The van der Waals surface area contributed by atoms with Gasteiger partial charge in [0.05, 0.1) is 5.41 Å². The van der Waals surface area contributed by atoms with E-state index < -0.39 is 5.41 Å². The van der Waals surface area contributed by atoms with E-state index in [4.69, 9.17) is 0 Å². The van der Waals surface area contributed by atoms with Crippen molar-refractivity contribution in [3.8, 4) is 66.8 Å². The minimum absolute atomic E-state index is 0.595. The Bertz CT molecular complexity index is 4080. The summed E-state index contributed by atoms with van der Waals surface area (Å²) in [4.78, 5) is 0. The maximum absolute atomic E-state index is 2.54. The monoisotopic (exact) mass is 898 g/mol. The van der Waals surface area contributed by atoms with Crippen molar-refractivity contribution in [2.75, 3.05) is 0 Å². The van der Waals surface area contributed by atoms with Crippen molar-refractivity contribution >= 4 is 43.1 Å². The van der Waals surface area contributed by atoms with Gasteiger partial charge in [-0.05, 0) is 162 Å². The molecule has 0 aromatic heterocycles. The van der Waals surface area contributed by atoms with Crippen LogP contribution in [0.4, 0.5) is 0 Å². The van der Waals surface area contributed by atoms with E-state index in [-0.39, 0.29) is 0 Å². The fourth-order valence-corrected chi connectivity index (χ4v) is 12.1. The molecular formula is C71H46. The lowest BCUT2D eigenvalue weighted by atomic mass is 9.66. The summed E-state index contributed by atoms with van der Waals surface area (Å²) in [5.41, 5.74) is 19.3. The molecule has 330 valence electrons. The summed E-state index contributed by atoms with van der Waals surface area (Å²) in [7, 11) is 0. The molecule has 0 fully saturated rings. The normalized spacial score (nSPS) is 14.0. The van der Waals surface area contributed by atoms with Crippen LogP contribution in [0.25, 0.3) is 110 Å². The van der Waals surface area contributed by atoms with Crippen LogP contribution in [0.2, 0.25) is 0 Å². The van der Waals surface area contributed by atoms with Crippen LogP contribution >= 0.6 is 0 Å². The van der Waals surface area contributed by atoms with Crippen molar-refractivity contribution in [1.82, 2.24) is 0 Å². The van der Waals surface area contributed by atoms with Gasteiger partial charge in [0.25, 0.3) is 0 Å². The number of benzene rings is 13. The predicted molar refractivity (Wildman–Crippen MR) is 301 cm³/mol. The van der Waals surface area contributed by atoms with Gasteiger partial charge in [0.1, 0.15) is 0 Å². The Hall–Kier alpha value is -9.10. The van der Waals surface area contributed by atoms with E-state index in [1.54, 1.807) is 0 Å². The van der Waals surface area contributed by atoms with Gasteiger partial charge in [-0.3, -0.25) is 0 Å². The van der Waals surface area contributed by atoms with Gasteiger partial charge in [-0.15, -0.1) is 0 Å². The van der Waals surface area contributed by atoms with Crippen LogP contribution in [0.3, 0.4) is 0 Å². The Kier molecular flexibility index (Phi) is 9.54. The molecule has 0 heterocycles. The quantitative estimate of drug-likeness (QED) is 0.140. The largest absolute Gasteiger partial charge is 0.0719 e. The number of rotatable bonds is 7. The summed E-state index contributed by atoms with van der Waals surface area (Å²) in [5, 5.41) is 9.95. The van der Waals surface area contributed by atoms with Crippen LogP contribution in [0.1, 0.15) is 22.3 Å². The summed E-state index contributed by atoms with van der Waals surface area (Å²) in [6.45, 7) is 0. The topological polar surface area (TPSA) is 0 Å². The van der Waals surface area contributed by atoms with Crippen LogP contribution in [-0.2, 0) is 5.41 Å². The van der Waals surface area contributed by atoms with E-state index >= 15 is 0 Å². The number of hydrogen-bond acceptors (Lipinski definition) is 0. The van der Waals surface area contributed by atoms with Crippen LogP contribution < -0.4 is 0 Å². The summed E-state index contributed by atoms with van der Waals surface area (Å²) in [5.74, 6) is 0. The predicted octanol–water partition coefficient (Wildman–Crippen LogP) is 19.0. The summed E-state index contributed by atoms with van der Waals surface area (Å²) < 4.78 is 0. The average molecular weight is 899 g/mol. The van der Waals surface area contributed by atoms with Gasteiger partial charge < -0.3 is 0 Å². The van der Waals surface area contributed by atoms with Crippen LogP contribution in [-0.4, -0.2) is 0 Å². The van der Waals surface area contributed by atoms with E-state index in [1.165, 1.54) is 132 Å². The summed E-state index contributed by atoms with van der Waals surface area (Å²) in [6, 6.07) is 104. The van der Waals surface area contributed by atoms with Gasteiger partial charge in [0.2, 0.25) is 0 Å². The molecule has 0 heteroatoms. The third-order valence-corrected chi connectivity index (χ3v) is 15.3. The van der Waals surface area contributed by atoms with Gasteiger partial charge in [-0.25, -0.2) is 0 Å². The van der Waals surface area contributed by atoms with Crippen LogP contribution in [0.15, 0.2) is 279 Å². The number of hydrogen-bond donors (Lipinski definition) is 0. The second-order valence-corrected chi connectivity index (χ2v) is 19.1. The molecular weight excluding hydrogens is 853 g/mol. The first kappa shape index (κ1) is 40.9. The molecule has 0 saturated heterocycles. The molecule has 0 spiro atoms. The molecule has 13 aromatic rings. The highest BCUT2D eigenvalue weighted by Gasteiger charge is 2.47. The van der Waals surface area contributed by atoms with Crippen molar-refractivity contribution in [3.05, 3.63) is 301 Å². The van der Waals surface area contributed by atoms with Gasteiger partial charge in [-0.1, -0.05) is 249 Å². The van der Waals surface area contributed by atoms with E-state index in [2.05, 4.69) is 279 Å². The van der Waals surface area contributed by atoms with E-state index in [9.17, 15) is 0 Å². The fraction of sp³-hybridized carbons (Fsp3) is 0.0141. The second-order valence-electron chi connectivity index (χ2n) is 19.1. The van der Waals surface area contributed by atoms with E-state index in [1.807, 2.05) is 0 Å². The van der Waals surface area contributed by atoms with Crippen molar-refractivity contribution in [2.24, 2.45) is 0 Å². The van der Waals surface area contributed by atoms with E-state index in [0.717, 1.165) is 0 Å². The summed E-state index contributed by atoms with van der Waals surface area (Å²) >= 11 is 0. The highest BCUT2D eigenvalue weighted by molar-refractivity contribution is 6.21. The molecule has 0 radical (unpaired) electrons. The van der Waals surface area contributed by atoms with Gasteiger partial charge in [0, 0.05) is 0 Å². The SMILES string of the molecule is c1ccc(-c2cc(-c3ccccc3)cc(-c3ccc(-c4c5ccccc5c(-c5ccc6c(c5)C(c5ccc7ccccc7c5)(c5cccc7ccccc57)c5ccccc5-6)c5ccccc45)cc3)c2)cc1. The fourth-order valence-electron chi connectivity index (χ4n) is 12.1. The van der Waals surface area contributed by atoms with E-state index in [0.29, 0.717) is 0 Å². The molecule has 0 nitrogen and oxygen atoms in total. The minimum Gasteiger partial charge on any atom is -0.0622 e. The molecule has 0 N–H and O–H groups in total.